The lowest BCUT2D eigenvalue weighted by molar-refractivity contribution is 0.128. The van der Waals surface area contributed by atoms with Crippen molar-refractivity contribution in [1.82, 2.24) is 5.32 Å². The van der Waals surface area contributed by atoms with Gasteiger partial charge in [0.25, 0.3) is 0 Å². The van der Waals surface area contributed by atoms with Crippen LogP contribution < -0.4 is 5.32 Å². The molecule has 1 aliphatic rings. The van der Waals surface area contributed by atoms with Gasteiger partial charge in [0.2, 0.25) is 0 Å². The number of unbranched alkanes of at least 4 members (excludes halogenated alkanes) is 1. The second-order valence-corrected chi connectivity index (χ2v) is 6.48. The topological polar surface area (TPSA) is 21.3 Å². The van der Waals surface area contributed by atoms with E-state index in [0.29, 0.717) is 0 Å². The smallest absolute Gasteiger partial charge is 0.0478 e. The summed E-state index contributed by atoms with van der Waals surface area (Å²) in [7, 11) is 0. The number of nitrogens with one attached hydrogen (secondary N) is 1. The van der Waals surface area contributed by atoms with Crippen molar-refractivity contribution in [2.75, 3.05) is 19.8 Å². The highest BCUT2D eigenvalue weighted by Crippen LogP contribution is 2.28. The standard InChI is InChI=1S/C17H35NO/c1-4-5-13-19-14-7-12-18-17-9-6-8-16(10-11-17)15(2)3/h15-18H,4-14H2,1-3H3. The van der Waals surface area contributed by atoms with Gasteiger partial charge in [-0.05, 0) is 50.5 Å². The van der Waals surface area contributed by atoms with Crippen molar-refractivity contribution < 1.29 is 4.74 Å². The summed E-state index contributed by atoms with van der Waals surface area (Å²) in [6, 6.07) is 0.763. The van der Waals surface area contributed by atoms with Crippen LogP contribution in [0.3, 0.4) is 0 Å². The molecule has 1 N–H and O–H groups in total. The van der Waals surface area contributed by atoms with E-state index in [-0.39, 0.29) is 0 Å². The van der Waals surface area contributed by atoms with Gasteiger partial charge in [0.05, 0.1) is 0 Å². The molecule has 0 aromatic carbocycles. The van der Waals surface area contributed by atoms with Crippen molar-refractivity contribution >= 4 is 0 Å². The van der Waals surface area contributed by atoms with Crippen molar-refractivity contribution in [3.05, 3.63) is 0 Å². The summed E-state index contributed by atoms with van der Waals surface area (Å²) in [6.07, 6.45) is 10.6. The van der Waals surface area contributed by atoms with Gasteiger partial charge in [0, 0.05) is 19.3 Å². The zero-order valence-corrected chi connectivity index (χ0v) is 13.4. The van der Waals surface area contributed by atoms with E-state index in [2.05, 4.69) is 26.1 Å². The lowest BCUT2D eigenvalue weighted by Crippen LogP contribution is -2.30. The second-order valence-electron chi connectivity index (χ2n) is 6.48. The Morgan fingerprint density at radius 3 is 2.58 bits per heavy atom. The van der Waals surface area contributed by atoms with Crippen LogP contribution in [0.4, 0.5) is 0 Å². The fourth-order valence-electron chi connectivity index (χ4n) is 3.03. The van der Waals surface area contributed by atoms with Crippen LogP contribution in [0.2, 0.25) is 0 Å². The first-order valence-corrected chi connectivity index (χ1v) is 8.55. The molecule has 114 valence electrons. The van der Waals surface area contributed by atoms with Gasteiger partial charge < -0.3 is 10.1 Å². The minimum absolute atomic E-state index is 0.763. The molecule has 2 unspecified atom stereocenters. The molecule has 0 heterocycles. The van der Waals surface area contributed by atoms with E-state index in [1.54, 1.807) is 0 Å². The first kappa shape index (κ1) is 17.0. The average Bonchev–Trinajstić information content (AvgIpc) is 2.63. The number of rotatable bonds is 9. The Bertz CT molecular complexity index is 205. The molecule has 1 fully saturated rings. The molecule has 0 aromatic rings. The fourth-order valence-corrected chi connectivity index (χ4v) is 3.03. The van der Waals surface area contributed by atoms with Crippen LogP contribution in [0, 0.1) is 11.8 Å². The molecule has 19 heavy (non-hydrogen) atoms. The summed E-state index contributed by atoms with van der Waals surface area (Å²) >= 11 is 0. The predicted molar refractivity (Wildman–Crippen MR) is 83.5 cm³/mol. The molecule has 2 atom stereocenters. The van der Waals surface area contributed by atoms with Gasteiger partial charge in [-0.2, -0.15) is 0 Å². The third-order valence-electron chi connectivity index (χ3n) is 4.50. The Balaban J connectivity index is 2.00. The van der Waals surface area contributed by atoms with Crippen LogP contribution in [0.1, 0.15) is 72.1 Å². The van der Waals surface area contributed by atoms with Crippen molar-refractivity contribution in [3.63, 3.8) is 0 Å². The summed E-state index contributed by atoms with van der Waals surface area (Å²) in [5.41, 5.74) is 0. The predicted octanol–water partition coefficient (Wildman–Crippen LogP) is 4.39. The molecular weight excluding hydrogens is 234 g/mol. The van der Waals surface area contributed by atoms with Crippen LogP contribution in [0.5, 0.6) is 0 Å². The molecule has 2 heteroatoms. The lowest BCUT2D eigenvalue weighted by atomic mass is 9.89. The molecule has 0 aromatic heterocycles. The highest BCUT2D eigenvalue weighted by Gasteiger charge is 2.20. The van der Waals surface area contributed by atoms with Crippen molar-refractivity contribution in [3.8, 4) is 0 Å². The Hall–Kier alpha value is -0.0800. The molecular formula is C17H35NO. The van der Waals surface area contributed by atoms with Crippen molar-refractivity contribution in [1.29, 1.82) is 0 Å². The van der Waals surface area contributed by atoms with Gasteiger partial charge >= 0.3 is 0 Å². The van der Waals surface area contributed by atoms with Crippen LogP contribution in [-0.2, 0) is 4.74 Å². The first-order chi connectivity index (χ1) is 9.24. The van der Waals surface area contributed by atoms with Gasteiger partial charge in [-0.25, -0.2) is 0 Å². The van der Waals surface area contributed by atoms with E-state index in [0.717, 1.165) is 44.1 Å². The lowest BCUT2D eigenvalue weighted by Gasteiger charge is -2.19. The Morgan fingerprint density at radius 1 is 1.05 bits per heavy atom. The first-order valence-electron chi connectivity index (χ1n) is 8.55. The molecule has 1 saturated carbocycles. The molecule has 0 aliphatic heterocycles. The monoisotopic (exact) mass is 269 g/mol. The van der Waals surface area contributed by atoms with Crippen molar-refractivity contribution in [2.24, 2.45) is 11.8 Å². The molecule has 2 nitrogen and oxygen atoms in total. The van der Waals surface area contributed by atoms with Crippen LogP contribution in [0.15, 0.2) is 0 Å². The third-order valence-corrected chi connectivity index (χ3v) is 4.50. The maximum absolute atomic E-state index is 5.60. The van der Waals surface area contributed by atoms with Gasteiger partial charge in [-0.1, -0.05) is 40.0 Å². The molecule has 0 saturated heterocycles. The van der Waals surface area contributed by atoms with E-state index in [1.807, 2.05) is 0 Å². The number of ether oxygens (including phenoxy) is 1. The third kappa shape index (κ3) is 7.94. The summed E-state index contributed by atoms with van der Waals surface area (Å²) in [5, 5.41) is 3.73. The average molecular weight is 269 g/mol. The summed E-state index contributed by atoms with van der Waals surface area (Å²) < 4.78 is 5.60. The highest BCUT2D eigenvalue weighted by molar-refractivity contribution is 4.76. The minimum Gasteiger partial charge on any atom is -0.381 e. The Morgan fingerprint density at radius 2 is 1.84 bits per heavy atom. The molecule has 0 radical (unpaired) electrons. The zero-order valence-electron chi connectivity index (χ0n) is 13.4. The van der Waals surface area contributed by atoms with E-state index < -0.39 is 0 Å². The van der Waals surface area contributed by atoms with E-state index >= 15 is 0 Å². The summed E-state index contributed by atoms with van der Waals surface area (Å²) in [6.45, 7) is 9.97. The van der Waals surface area contributed by atoms with Crippen molar-refractivity contribution in [2.45, 2.75) is 78.2 Å². The SMILES string of the molecule is CCCCOCCCNC1CCCC(C(C)C)CC1. The van der Waals surface area contributed by atoms with Crippen LogP contribution in [-0.4, -0.2) is 25.8 Å². The number of hydrogen-bond acceptors (Lipinski definition) is 2. The minimum atomic E-state index is 0.763. The van der Waals surface area contributed by atoms with E-state index in [4.69, 9.17) is 4.74 Å². The van der Waals surface area contributed by atoms with Gasteiger partial charge in [0.15, 0.2) is 0 Å². The molecule has 1 rings (SSSR count). The highest BCUT2D eigenvalue weighted by atomic mass is 16.5. The molecule has 1 aliphatic carbocycles. The molecule has 0 spiro atoms. The second kappa shape index (κ2) is 10.7. The van der Waals surface area contributed by atoms with Crippen LogP contribution in [0.25, 0.3) is 0 Å². The maximum atomic E-state index is 5.60. The summed E-state index contributed by atoms with van der Waals surface area (Å²) in [4.78, 5) is 0. The van der Waals surface area contributed by atoms with Crippen LogP contribution >= 0.6 is 0 Å². The number of hydrogen-bond donors (Lipinski definition) is 1. The fraction of sp³-hybridized carbons (Fsp3) is 1.00. The van der Waals surface area contributed by atoms with Gasteiger partial charge in [-0.3, -0.25) is 0 Å². The summed E-state index contributed by atoms with van der Waals surface area (Å²) in [5.74, 6) is 1.83. The maximum Gasteiger partial charge on any atom is 0.0478 e. The normalized spacial score (nSPS) is 24.6. The quantitative estimate of drug-likeness (QED) is 0.495. The molecule has 0 bridgehead atoms. The van der Waals surface area contributed by atoms with E-state index in [9.17, 15) is 0 Å². The zero-order chi connectivity index (χ0) is 13.9. The largest absolute Gasteiger partial charge is 0.381 e. The van der Waals surface area contributed by atoms with Gasteiger partial charge in [-0.15, -0.1) is 0 Å². The van der Waals surface area contributed by atoms with Gasteiger partial charge in [0.1, 0.15) is 0 Å². The molecule has 0 amide bonds. The Labute approximate surface area is 120 Å². The van der Waals surface area contributed by atoms with E-state index in [1.165, 1.54) is 44.9 Å². The Kier molecular flexibility index (Phi) is 9.54.